The Balaban J connectivity index is 2.80. The predicted octanol–water partition coefficient (Wildman–Crippen LogP) is 2.80. The van der Waals surface area contributed by atoms with Crippen molar-refractivity contribution in [2.75, 3.05) is 0 Å². The van der Waals surface area contributed by atoms with Gasteiger partial charge in [0.15, 0.2) is 0 Å². The molecule has 1 N–H and O–H groups in total. The minimum Gasteiger partial charge on any atom is -0.508 e. The zero-order valence-corrected chi connectivity index (χ0v) is 9.53. The maximum atomic E-state index is 11.0. The molecule has 1 rings (SSSR count). The van der Waals surface area contributed by atoms with Crippen molar-refractivity contribution in [3.05, 3.63) is 29.8 Å². The lowest BCUT2D eigenvalue weighted by molar-refractivity contribution is -0.113. The quantitative estimate of drug-likeness (QED) is 0.772. The van der Waals surface area contributed by atoms with E-state index in [2.05, 4.69) is 20.8 Å². The number of benzene rings is 1. The van der Waals surface area contributed by atoms with Crippen molar-refractivity contribution < 1.29 is 9.90 Å². The van der Waals surface area contributed by atoms with Crippen LogP contribution in [0.2, 0.25) is 0 Å². The third-order valence-corrected chi connectivity index (χ3v) is 2.64. The van der Waals surface area contributed by atoms with E-state index in [0.717, 1.165) is 11.8 Å². The van der Waals surface area contributed by atoms with Crippen LogP contribution in [0.5, 0.6) is 5.75 Å². The van der Waals surface area contributed by atoms with Crippen molar-refractivity contribution in [3.63, 3.8) is 0 Å². The Kier molecular flexibility index (Phi) is 3.51. The molecule has 0 aliphatic carbocycles. The first kappa shape index (κ1) is 11.8. The average molecular weight is 206 g/mol. The van der Waals surface area contributed by atoms with Crippen LogP contribution in [0.25, 0.3) is 0 Å². The van der Waals surface area contributed by atoms with E-state index < -0.39 is 0 Å². The van der Waals surface area contributed by atoms with Gasteiger partial charge in [-0.15, -0.1) is 0 Å². The van der Waals surface area contributed by atoms with Crippen LogP contribution in [-0.2, 0) is 11.2 Å². The van der Waals surface area contributed by atoms with Crippen molar-refractivity contribution in [2.45, 2.75) is 27.2 Å². The highest BCUT2D eigenvalue weighted by molar-refractivity contribution is 5.55. The summed E-state index contributed by atoms with van der Waals surface area (Å²) in [7, 11) is 0. The number of hydrogen-bond acceptors (Lipinski definition) is 2. The van der Waals surface area contributed by atoms with Crippen molar-refractivity contribution in [2.24, 2.45) is 11.3 Å². The van der Waals surface area contributed by atoms with E-state index in [1.807, 2.05) is 6.07 Å². The zero-order chi connectivity index (χ0) is 11.5. The van der Waals surface area contributed by atoms with Crippen LogP contribution in [0, 0.1) is 11.3 Å². The highest BCUT2D eigenvalue weighted by atomic mass is 16.3. The second-order valence-corrected chi connectivity index (χ2v) is 4.98. The molecule has 0 radical (unpaired) electrons. The van der Waals surface area contributed by atoms with E-state index in [4.69, 9.17) is 0 Å². The maximum Gasteiger partial charge on any atom is 0.123 e. The van der Waals surface area contributed by atoms with Crippen LogP contribution in [-0.4, -0.2) is 11.4 Å². The summed E-state index contributed by atoms with van der Waals surface area (Å²) in [4.78, 5) is 11.0. The number of phenolic OH excluding ortho intramolecular Hbond substituents is 1. The van der Waals surface area contributed by atoms with Gasteiger partial charge in [0, 0.05) is 5.92 Å². The maximum absolute atomic E-state index is 11.0. The first-order valence-corrected chi connectivity index (χ1v) is 5.16. The first-order chi connectivity index (χ1) is 6.93. The summed E-state index contributed by atoms with van der Waals surface area (Å²) in [6.07, 6.45) is 1.69. The van der Waals surface area contributed by atoms with Crippen molar-refractivity contribution in [1.82, 2.24) is 0 Å². The molecule has 1 atom stereocenters. The second kappa shape index (κ2) is 4.47. The topological polar surface area (TPSA) is 37.3 Å². The molecule has 1 unspecified atom stereocenters. The molecule has 1 aromatic rings. The lowest BCUT2D eigenvalue weighted by Gasteiger charge is -2.25. The van der Waals surface area contributed by atoms with Crippen LogP contribution in [0.15, 0.2) is 24.3 Å². The summed E-state index contributed by atoms with van der Waals surface area (Å²) in [5.74, 6) is 0.241. The largest absolute Gasteiger partial charge is 0.508 e. The summed E-state index contributed by atoms with van der Waals surface area (Å²) < 4.78 is 0. The summed E-state index contributed by atoms with van der Waals surface area (Å²) in [5.41, 5.74) is 0.967. The molecule has 1 aromatic carbocycles. The second-order valence-electron chi connectivity index (χ2n) is 4.98. The summed E-state index contributed by atoms with van der Waals surface area (Å²) >= 11 is 0. The van der Waals surface area contributed by atoms with Crippen LogP contribution < -0.4 is 0 Å². The van der Waals surface area contributed by atoms with Gasteiger partial charge in [-0.2, -0.15) is 0 Å². The highest BCUT2D eigenvalue weighted by Gasteiger charge is 2.24. The number of aldehydes is 1. The molecule has 82 valence electrons. The summed E-state index contributed by atoms with van der Waals surface area (Å²) in [5, 5.41) is 9.31. The lowest BCUT2D eigenvalue weighted by Crippen LogP contribution is -2.23. The number of aromatic hydroxyl groups is 1. The molecule has 0 heterocycles. The molecule has 0 saturated carbocycles. The lowest BCUT2D eigenvalue weighted by atomic mass is 9.78. The van der Waals surface area contributed by atoms with E-state index in [-0.39, 0.29) is 17.1 Å². The summed E-state index contributed by atoms with van der Waals surface area (Å²) in [6.45, 7) is 6.15. The fraction of sp³-hybridized carbons (Fsp3) is 0.462. The molecule has 2 heteroatoms. The molecule has 2 nitrogen and oxygen atoms in total. The highest BCUT2D eigenvalue weighted by Crippen LogP contribution is 2.28. The van der Waals surface area contributed by atoms with Gasteiger partial charge in [0.2, 0.25) is 0 Å². The fourth-order valence-electron chi connectivity index (χ4n) is 1.50. The molecule has 0 aliphatic rings. The number of hydrogen-bond donors (Lipinski definition) is 1. The Hall–Kier alpha value is -1.31. The Labute approximate surface area is 90.9 Å². The van der Waals surface area contributed by atoms with E-state index in [9.17, 15) is 9.90 Å². The molecule has 0 aromatic heterocycles. The molecular formula is C13H18O2. The standard InChI is InChI=1S/C13H18O2/c1-13(2,3)11(9-14)7-10-5-4-6-12(15)8-10/h4-6,8-9,11,15H,7H2,1-3H3. The van der Waals surface area contributed by atoms with Gasteiger partial charge < -0.3 is 9.90 Å². The van der Waals surface area contributed by atoms with Gasteiger partial charge >= 0.3 is 0 Å². The van der Waals surface area contributed by atoms with E-state index in [1.165, 1.54) is 0 Å². The Morgan fingerprint density at radius 1 is 1.40 bits per heavy atom. The minimum absolute atomic E-state index is 0.0145. The molecule has 15 heavy (non-hydrogen) atoms. The van der Waals surface area contributed by atoms with E-state index >= 15 is 0 Å². The van der Waals surface area contributed by atoms with Crippen molar-refractivity contribution >= 4 is 6.29 Å². The van der Waals surface area contributed by atoms with Gasteiger partial charge in [-0.05, 0) is 29.5 Å². The van der Waals surface area contributed by atoms with E-state index in [0.29, 0.717) is 6.42 Å². The molecule has 0 aliphatic heterocycles. The summed E-state index contributed by atoms with van der Waals surface area (Å²) in [6, 6.07) is 7.08. The van der Waals surface area contributed by atoms with E-state index in [1.54, 1.807) is 18.2 Å². The fourth-order valence-corrected chi connectivity index (χ4v) is 1.50. The smallest absolute Gasteiger partial charge is 0.123 e. The minimum atomic E-state index is -0.0345. The monoisotopic (exact) mass is 206 g/mol. The number of carbonyl (C=O) groups excluding carboxylic acids is 1. The Bertz CT molecular complexity index is 337. The zero-order valence-electron chi connectivity index (χ0n) is 9.53. The van der Waals surface area contributed by atoms with Crippen molar-refractivity contribution in [3.8, 4) is 5.75 Å². The first-order valence-electron chi connectivity index (χ1n) is 5.16. The van der Waals surface area contributed by atoms with Gasteiger partial charge in [0.25, 0.3) is 0 Å². The van der Waals surface area contributed by atoms with Crippen LogP contribution in [0.4, 0.5) is 0 Å². The van der Waals surface area contributed by atoms with Gasteiger partial charge in [-0.3, -0.25) is 0 Å². The third-order valence-electron chi connectivity index (χ3n) is 2.64. The SMILES string of the molecule is CC(C)(C)C(C=O)Cc1cccc(O)c1. The Morgan fingerprint density at radius 2 is 2.07 bits per heavy atom. The number of rotatable bonds is 3. The molecular weight excluding hydrogens is 188 g/mol. The van der Waals surface area contributed by atoms with Gasteiger partial charge in [0.1, 0.15) is 12.0 Å². The normalized spacial score (nSPS) is 13.5. The number of phenols is 1. The predicted molar refractivity (Wildman–Crippen MR) is 60.8 cm³/mol. The van der Waals surface area contributed by atoms with Crippen LogP contribution in [0.1, 0.15) is 26.3 Å². The average Bonchev–Trinajstić information content (AvgIpc) is 2.12. The molecule has 0 fully saturated rings. The Morgan fingerprint density at radius 3 is 2.53 bits per heavy atom. The van der Waals surface area contributed by atoms with Crippen LogP contribution >= 0.6 is 0 Å². The molecule has 0 amide bonds. The molecule has 0 bridgehead atoms. The number of carbonyl (C=O) groups is 1. The van der Waals surface area contributed by atoms with Gasteiger partial charge in [-0.1, -0.05) is 32.9 Å². The molecule has 0 spiro atoms. The van der Waals surface area contributed by atoms with Crippen LogP contribution in [0.3, 0.4) is 0 Å². The van der Waals surface area contributed by atoms with Gasteiger partial charge in [0.05, 0.1) is 0 Å². The van der Waals surface area contributed by atoms with Crippen molar-refractivity contribution in [1.29, 1.82) is 0 Å². The molecule has 0 saturated heterocycles. The van der Waals surface area contributed by atoms with Gasteiger partial charge in [-0.25, -0.2) is 0 Å². The third kappa shape index (κ3) is 3.39.